The van der Waals surface area contributed by atoms with Crippen molar-refractivity contribution in [3.8, 4) is 5.75 Å². The monoisotopic (exact) mass is 382 g/mol. The molecular formula is C17H34O2Si4. The van der Waals surface area contributed by atoms with E-state index in [1.807, 2.05) is 24.3 Å². The topological polar surface area (TPSA) is 26.3 Å². The third-order valence-corrected chi connectivity index (χ3v) is 75.6. The van der Waals surface area contributed by atoms with Crippen LogP contribution in [0.15, 0.2) is 24.3 Å². The Kier molecular flexibility index (Phi) is 5.79. The SMILES string of the molecule is COc1ccccc1C(=O)[Si]([Si](C)(C)C)([Si](C)(C)C)[Si](C)(C)C. The maximum Gasteiger partial charge on any atom is 0.136 e. The number of methoxy groups -OCH3 is 1. The zero-order chi connectivity index (χ0) is 18.3. The van der Waals surface area contributed by atoms with Crippen LogP contribution in [0, 0.1) is 0 Å². The van der Waals surface area contributed by atoms with E-state index < -0.39 is 29.4 Å². The van der Waals surface area contributed by atoms with Crippen LogP contribution in [-0.4, -0.2) is 41.9 Å². The first-order valence-electron chi connectivity index (χ1n) is 8.39. The van der Waals surface area contributed by atoms with Crippen LogP contribution in [-0.2, 0) is 0 Å². The lowest BCUT2D eigenvalue weighted by Crippen LogP contribution is -2.86. The van der Waals surface area contributed by atoms with Gasteiger partial charge in [-0.15, -0.1) is 0 Å². The number of hydrogen-bond donors (Lipinski definition) is 0. The highest BCUT2D eigenvalue weighted by molar-refractivity contribution is 7.97. The van der Waals surface area contributed by atoms with Crippen molar-refractivity contribution in [1.29, 1.82) is 0 Å². The molecule has 0 atom stereocenters. The van der Waals surface area contributed by atoms with Crippen LogP contribution in [0.25, 0.3) is 0 Å². The summed E-state index contributed by atoms with van der Waals surface area (Å²) in [5, 5.41) is 0.493. The van der Waals surface area contributed by atoms with Gasteiger partial charge >= 0.3 is 0 Å². The van der Waals surface area contributed by atoms with Gasteiger partial charge in [-0.1, -0.05) is 71.1 Å². The Labute approximate surface area is 146 Å². The van der Waals surface area contributed by atoms with Gasteiger partial charge < -0.3 is 9.53 Å². The van der Waals surface area contributed by atoms with Crippen LogP contribution in [0.2, 0.25) is 58.9 Å². The number of ether oxygens (including phenoxy) is 1. The smallest absolute Gasteiger partial charge is 0.136 e. The van der Waals surface area contributed by atoms with Gasteiger partial charge in [0.1, 0.15) is 17.8 Å². The normalized spacial score (nSPS) is 13.8. The van der Waals surface area contributed by atoms with Crippen molar-refractivity contribution in [1.82, 2.24) is 0 Å². The highest BCUT2D eigenvalue weighted by atomic mass is 29.9. The Hall–Kier alpha value is -0.442. The van der Waals surface area contributed by atoms with E-state index in [0.717, 1.165) is 11.3 Å². The fraction of sp³-hybridized carbons (Fsp3) is 0.588. The lowest BCUT2D eigenvalue weighted by atomic mass is 10.2. The second-order valence-corrected chi connectivity index (χ2v) is 49.7. The van der Waals surface area contributed by atoms with Crippen molar-refractivity contribution < 1.29 is 9.53 Å². The lowest BCUT2D eigenvalue weighted by molar-refractivity contribution is 0.107. The van der Waals surface area contributed by atoms with Gasteiger partial charge in [-0.25, -0.2) is 0 Å². The van der Waals surface area contributed by atoms with Crippen molar-refractivity contribution >= 4 is 34.8 Å². The highest BCUT2D eigenvalue weighted by Gasteiger charge is 2.66. The van der Waals surface area contributed by atoms with Crippen LogP contribution in [0.5, 0.6) is 5.75 Å². The summed E-state index contributed by atoms with van der Waals surface area (Å²) in [6.45, 7) is 19.9. The second kappa shape index (κ2) is 6.46. The van der Waals surface area contributed by atoms with Gasteiger partial charge in [-0.2, -0.15) is 0 Å². The van der Waals surface area contributed by atoms with E-state index in [-0.39, 0.29) is 0 Å². The molecule has 0 saturated heterocycles. The van der Waals surface area contributed by atoms with Crippen molar-refractivity contribution in [3.63, 3.8) is 0 Å². The molecule has 6 heteroatoms. The average molecular weight is 383 g/mol. The quantitative estimate of drug-likeness (QED) is 0.639. The molecular weight excluding hydrogens is 349 g/mol. The molecule has 0 saturated carbocycles. The first-order valence-corrected chi connectivity index (χ1v) is 23.9. The van der Waals surface area contributed by atoms with E-state index in [9.17, 15) is 4.79 Å². The predicted molar refractivity (Wildman–Crippen MR) is 113 cm³/mol. The third-order valence-electron chi connectivity index (χ3n) is 5.07. The van der Waals surface area contributed by atoms with Crippen molar-refractivity contribution in [2.75, 3.05) is 7.11 Å². The Bertz CT molecular complexity index is 541. The summed E-state index contributed by atoms with van der Waals surface area (Å²) in [4.78, 5) is 14.1. The molecule has 0 aromatic heterocycles. The zero-order valence-corrected chi connectivity index (χ0v) is 20.6. The van der Waals surface area contributed by atoms with Crippen LogP contribution in [0.3, 0.4) is 0 Å². The minimum absolute atomic E-state index is 0.493. The first-order chi connectivity index (χ1) is 10.2. The zero-order valence-electron chi connectivity index (χ0n) is 16.6. The molecule has 0 heterocycles. The number of carbonyl (C=O) groups is 1. The Morgan fingerprint density at radius 2 is 1.17 bits per heavy atom. The average Bonchev–Trinajstić information content (AvgIpc) is 2.33. The van der Waals surface area contributed by atoms with E-state index in [1.54, 1.807) is 7.11 Å². The third kappa shape index (κ3) is 3.36. The summed E-state index contributed by atoms with van der Waals surface area (Å²) in [6.07, 6.45) is 0. The molecule has 0 N–H and O–H groups in total. The number of carbonyl (C=O) groups excluding carboxylic acids is 1. The molecule has 2 nitrogen and oxygen atoms in total. The minimum atomic E-state index is -2.09. The minimum Gasteiger partial charge on any atom is -0.496 e. The van der Waals surface area contributed by atoms with Crippen LogP contribution in [0.4, 0.5) is 0 Å². The van der Waals surface area contributed by atoms with Crippen molar-refractivity contribution in [3.05, 3.63) is 29.8 Å². The summed E-state index contributed by atoms with van der Waals surface area (Å²) in [5.74, 6) is 0.754. The summed E-state index contributed by atoms with van der Waals surface area (Å²) in [7, 11) is -3.22. The first kappa shape index (κ1) is 20.6. The van der Waals surface area contributed by atoms with Gasteiger partial charge in [0.25, 0.3) is 0 Å². The van der Waals surface area contributed by atoms with E-state index in [4.69, 9.17) is 4.74 Å². The molecule has 0 amide bonds. The standard InChI is InChI=1S/C17H34O2Si4/c1-19-16-14-12-11-13-15(16)17(18)23(20(2,3)4,21(5,6)7)22(8,9)10/h11-14H,1-10H3. The molecule has 0 radical (unpaired) electrons. The van der Waals surface area contributed by atoms with Gasteiger partial charge in [0, 0.05) is 22.8 Å². The summed E-state index contributed by atoms with van der Waals surface area (Å²) in [5.41, 5.74) is 0.842. The Morgan fingerprint density at radius 1 is 0.783 bits per heavy atom. The molecule has 1 aromatic carbocycles. The van der Waals surface area contributed by atoms with E-state index in [1.165, 1.54) is 0 Å². The summed E-state index contributed by atoms with van der Waals surface area (Å²) >= 11 is 0. The molecule has 0 aliphatic heterocycles. The molecule has 0 unspecified atom stereocenters. The van der Waals surface area contributed by atoms with E-state index in [2.05, 4.69) is 58.9 Å². The van der Waals surface area contributed by atoms with Crippen molar-refractivity contribution in [2.45, 2.75) is 58.9 Å². The fourth-order valence-electron chi connectivity index (χ4n) is 5.43. The predicted octanol–water partition coefficient (Wildman–Crippen LogP) is 5.12. The van der Waals surface area contributed by atoms with Gasteiger partial charge in [0.15, 0.2) is 0 Å². The molecule has 0 fully saturated rings. The second-order valence-electron chi connectivity index (χ2n) is 9.53. The molecule has 0 aliphatic carbocycles. The van der Waals surface area contributed by atoms with Crippen LogP contribution < -0.4 is 4.74 Å². The largest absolute Gasteiger partial charge is 0.496 e. The Morgan fingerprint density at radius 3 is 1.52 bits per heavy atom. The molecule has 0 spiro atoms. The maximum atomic E-state index is 14.1. The van der Waals surface area contributed by atoms with Crippen molar-refractivity contribution in [2.24, 2.45) is 0 Å². The van der Waals surface area contributed by atoms with Crippen LogP contribution >= 0.6 is 0 Å². The molecule has 1 rings (SSSR count). The van der Waals surface area contributed by atoms with E-state index >= 15 is 0 Å². The summed E-state index contributed by atoms with van der Waals surface area (Å²) in [6, 6.07) is 7.86. The van der Waals surface area contributed by atoms with Crippen LogP contribution in [0.1, 0.15) is 10.4 Å². The van der Waals surface area contributed by atoms with Gasteiger partial charge in [-0.05, 0) is 12.1 Å². The highest BCUT2D eigenvalue weighted by Crippen LogP contribution is 2.40. The Balaban J connectivity index is 3.82. The molecule has 23 heavy (non-hydrogen) atoms. The lowest BCUT2D eigenvalue weighted by Gasteiger charge is -2.55. The molecule has 1 aromatic rings. The fourth-order valence-corrected chi connectivity index (χ4v) is 103. The van der Waals surface area contributed by atoms with Gasteiger partial charge in [-0.3, -0.25) is 0 Å². The number of benzene rings is 1. The maximum absolute atomic E-state index is 14.1. The van der Waals surface area contributed by atoms with Gasteiger partial charge in [0.05, 0.1) is 12.7 Å². The summed E-state index contributed by atoms with van der Waals surface area (Å²) < 4.78 is 5.55. The molecule has 0 aliphatic rings. The molecule has 0 bridgehead atoms. The number of rotatable bonds is 6. The van der Waals surface area contributed by atoms with Gasteiger partial charge in [0.2, 0.25) is 0 Å². The number of hydrogen-bond acceptors (Lipinski definition) is 2. The van der Waals surface area contributed by atoms with E-state index in [0.29, 0.717) is 5.41 Å². The number of para-hydroxylation sites is 1. The molecule has 130 valence electrons.